The van der Waals surface area contributed by atoms with Crippen molar-refractivity contribution in [2.45, 2.75) is 27.7 Å². The lowest BCUT2D eigenvalue weighted by Gasteiger charge is -2.10. The van der Waals surface area contributed by atoms with Crippen molar-refractivity contribution in [2.75, 3.05) is 13.2 Å². The van der Waals surface area contributed by atoms with Crippen LogP contribution in [0.1, 0.15) is 33.0 Å². The van der Waals surface area contributed by atoms with E-state index in [9.17, 15) is 14.4 Å². The predicted octanol–water partition coefficient (Wildman–Crippen LogP) is 1.47. The first kappa shape index (κ1) is 20.0. The van der Waals surface area contributed by atoms with Crippen molar-refractivity contribution in [1.82, 2.24) is 16.2 Å². The van der Waals surface area contributed by atoms with E-state index in [1.54, 1.807) is 26.0 Å². The van der Waals surface area contributed by atoms with Gasteiger partial charge >= 0.3 is 0 Å². The average Bonchev–Trinajstić information content (AvgIpc) is 2.97. The number of amides is 3. The monoisotopic (exact) mass is 373 g/mol. The topological polar surface area (TPSA) is 110 Å². The zero-order chi connectivity index (χ0) is 20.0. The first-order valence-corrected chi connectivity index (χ1v) is 8.39. The molecule has 3 amide bonds. The van der Waals surface area contributed by atoms with Crippen molar-refractivity contribution >= 4 is 17.7 Å². The van der Waals surface area contributed by atoms with Crippen LogP contribution < -0.4 is 20.9 Å². The van der Waals surface area contributed by atoms with Gasteiger partial charge < -0.3 is 14.5 Å². The number of furan rings is 1. The summed E-state index contributed by atoms with van der Waals surface area (Å²) in [6, 6.07) is 7.09. The van der Waals surface area contributed by atoms with Gasteiger partial charge in [0.2, 0.25) is 0 Å². The van der Waals surface area contributed by atoms with Crippen molar-refractivity contribution in [3.63, 3.8) is 0 Å². The van der Waals surface area contributed by atoms with Crippen LogP contribution >= 0.6 is 0 Å². The van der Waals surface area contributed by atoms with Crippen LogP contribution in [0.15, 0.2) is 28.7 Å². The van der Waals surface area contributed by atoms with Gasteiger partial charge in [0.25, 0.3) is 17.7 Å². The quantitative estimate of drug-likeness (QED) is 0.664. The first-order chi connectivity index (χ1) is 12.8. The lowest BCUT2D eigenvalue weighted by molar-refractivity contribution is -0.129. The Kier molecular flexibility index (Phi) is 6.59. The van der Waals surface area contributed by atoms with Gasteiger partial charge in [-0.15, -0.1) is 0 Å². The third-order valence-electron chi connectivity index (χ3n) is 3.88. The summed E-state index contributed by atoms with van der Waals surface area (Å²) in [5, 5.41) is 2.45. The minimum Gasteiger partial charge on any atom is -0.484 e. The maximum Gasteiger partial charge on any atom is 0.276 e. The molecule has 8 heteroatoms. The second kappa shape index (κ2) is 8.88. The van der Waals surface area contributed by atoms with E-state index in [0.29, 0.717) is 22.8 Å². The highest BCUT2D eigenvalue weighted by atomic mass is 16.5. The fraction of sp³-hybridized carbons (Fsp3) is 0.316. The lowest BCUT2D eigenvalue weighted by Crippen LogP contribution is -2.47. The van der Waals surface area contributed by atoms with Crippen molar-refractivity contribution < 1.29 is 23.5 Å². The van der Waals surface area contributed by atoms with E-state index in [1.807, 2.05) is 26.0 Å². The van der Waals surface area contributed by atoms with Crippen LogP contribution in [0.5, 0.6) is 5.75 Å². The lowest BCUT2D eigenvalue weighted by atomic mass is 10.1. The Balaban J connectivity index is 1.70. The number of aryl methyl sites for hydroxylation is 4. The van der Waals surface area contributed by atoms with E-state index in [2.05, 4.69) is 16.2 Å². The van der Waals surface area contributed by atoms with E-state index >= 15 is 0 Å². The fourth-order valence-electron chi connectivity index (χ4n) is 2.28. The molecule has 0 bridgehead atoms. The smallest absolute Gasteiger partial charge is 0.276 e. The van der Waals surface area contributed by atoms with Crippen LogP contribution in [-0.4, -0.2) is 30.9 Å². The number of ether oxygens (including phenoxy) is 1. The van der Waals surface area contributed by atoms with E-state index in [1.165, 1.54) is 0 Å². The number of rotatable bonds is 6. The normalized spacial score (nSPS) is 10.2. The number of hydrazine groups is 1. The van der Waals surface area contributed by atoms with Gasteiger partial charge in [-0.1, -0.05) is 6.07 Å². The van der Waals surface area contributed by atoms with Gasteiger partial charge in [-0.25, -0.2) is 0 Å². The predicted molar refractivity (Wildman–Crippen MR) is 98.2 cm³/mol. The molecule has 2 aromatic rings. The summed E-state index contributed by atoms with van der Waals surface area (Å²) in [6.45, 7) is 6.78. The molecule has 1 aromatic carbocycles. The van der Waals surface area contributed by atoms with Crippen molar-refractivity contribution in [1.29, 1.82) is 0 Å². The minimum absolute atomic E-state index is 0.247. The van der Waals surface area contributed by atoms with Crippen LogP contribution in [0.3, 0.4) is 0 Å². The van der Waals surface area contributed by atoms with Gasteiger partial charge in [-0.3, -0.25) is 25.2 Å². The summed E-state index contributed by atoms with van der Waals surface area (Å²) >= 11 is 0. The summed E-state index contributed by atoms with van der Waals surface area (Å²) in [6.07, 6.45) is 0. The third kappa shape index (κ3) is 5.88. The molecule has 1 heterocycles. The van der Waals surface area contributed by atoms with Crippen molar-refractivity contribution in [3.8, 4) is 5.75 Å². The van der Waals surface area contributed by atoms with Crippen LogP contribution in [0, 0.1) is 27.7 Å². The van der Waals surface area contributed by atoms with Crippen molar-refractivity contribution in [3.05, 3.63) is 52.5 Å². The molecule has 2 rings (SSSR count). The molecule has 27 heavy (non-hydrogen) atoms. The second-order valence-electron chi connectivity index (χ2n) is 6.14. The number of carbonyl (C=O) groups excluding carboxylic acids is 3. The Bertz CT molecular complexity index is 857. The van der Waals surface area contributed by atoms with Gasteiger partial charge in [0.1, 0.15) is 17.3 Å². The number of hydrogen-bond donors (Lipinski definition) is 3. The third-order valence-corrected chi connectivity index (χ3v) is 3.88. The second-order valence-corrected chi connectivity index (χ2v) is 6.14. The highest BCUT2D eigenvalue weighted by Crippen LogP contribution is 2.16. The molecule has 144 valence electrons. The summed E-state index contributed by atoms with van der Waals surface area (Å²) < 4.78 is 10.6. The molecular weight excluding hydrogens is 350 g/mol. The SMILES string of the molecule is Cc1cc(C(=O)NCC(=O)NNC(=O)COc2ccc(C)c(C)c2)c(C)o1. The molecule has 0 unspecified atom stereocenters. The molecule has 1 aromatic heterocycles. The molecule has 0 saturated heterocycles. The summed E-state index contributed by atoms with van der Waals surface area (Å²) in [7, 11) is 0. The number of carbonyl (C=O) groups is 3. The Morgan fingerprint density at radius 2 is 1.67 bits per heavy atom. The summed E-state index contributed by atoms with van der Waals surface area (Å²) in [5.41, 5.74) is 6.98. The molecule has 0 atom stereocenters. The van der Waals surface area contributed by atoms with E-state index in [0.717, 1.165) is 11.1 Å². The maximum atomic E-state index is 12.0. The summed E-state index contributed by atoms with van der Waals surface area (Å²) in [4.78, 5) is 35.4. The zero-order valence-corrected chi connectivity index (χ0v) is 15.8. The molecule has 0 aliphatic rings. The van der Waals surface area contributed by atoms with Gasteiger partial charge in [0.05, 0.1) is 12.1 Å². The highest BCUT2D eigenvalue weighted by molar-refractivity contribution is 5.97. The molecule has 8 nitrogen and oxygen atoms in total. The van der Waals surface area contributed by atoms with E-state index in [4.69, 9.17) is 9.15 Å². The van der Waals surface area contributed by atoms with Crippen LogP contribution in [0.2, 0.25) is 0 Å². The molecule has 0 spiro atoms. The Hall–Kier alpha value is -3.29. The van der Waals surface area contributed by atoms with Gasteiger partial charge in [-0.2, -0.15) is 0 Å². The van der Waals surface area contributed by atoms with Crippen molar-refractivity contribution in [2.24, 2.45) is 0 Å². The largest absolute Gasteiger partial charge is 0.484 e. The van der Waals surface area contributed by atoms with Gasteiger partial charge in [0, 0.05) is 0 Å². The maximum absolute atomic E-state index is 12.0. The first-order valence-electron chi connectivity index (χ1n) is 8.39. The molecule has 0 aliphatic carbocycles. The molecule has 0 saturated carbocycles. The van der Waals surface area contributed by atoms with E-state index < -0.39 is 17.7 Å². The minimum atomic E-state index is -0.569. The molecule has 3 N–H and O–H groups in total. The number of benzene rings is 1. The Morgan fingerprint density at radius 1 is 0.963 bits per heavy atom. The van der Waals surface area contributed by atoms with E-state index in [-0.39, 0.29) is 13.2 Å². The van der Waals surface area contributed by atoms with Crippen LogP contribution in [0.25, 0.3) is 0 Å². The van der Waals surface area contributed by atoms with Gasteiger partial charge in [0.15, 0.2) is 6.61 Å². The molecule has 0 aliphatic heterocycles. The van der Waals surface area contributed by atoms with Crippen LogP contribution in [-0.2, 0) is 9.59 Å². The fourth-order valence-corrected chi connectivity index (χ4v) is 2.28. The Labute approximate surface area is 157 Å². The molecule has 0 fully saturated rings. The molecule has 0 radical (unpaired) electrons. The molecular formula is C19H23N3O5. The Morgan fingerprint density at radius 3 is 2.30 bits per heavy atom. The standard InChI is InChI=1S/C19H23N3O5/c1-11-5-6-15(7-12(11)2)26-10-18(24)22-21-17(23)9-20-19(25)16-8-13(3)27-14(16)4/h5-8H,9-10H2,1-4H3,(H,20,25)(H,21,23)(H,22,24). The zero-order valence-electron chi connectivity index (χ0n) is 15.8. The highest BCUT2D eigenvalue weighted by Gasteiger charge is 2.14. The number of nitrogens with one attached hydrogen (secondary N) is 3. The van der Waals surface area contributed by atoms with Gasteiger partial charge in [-0.05, 0) is 57.0 Å². The number of hydrogen-bond acceptors (Lipinski definition) is 5. The average molecular weight is 373 g/mol. The van der Waals surface area contributed by atoms with Crippen LogP contribution in [0.4, 0.5) is 0 Å². The summed E-state index contributed by atoms with van der Waals surface area (Å²) in [5.74, 6) is 0.136.